The molecule has 0 bridgehead atoms. The molecule has 0 saturated carbocycles. The van der Waals surface area contributed by atoms with Gasteiger partial charge in [-0.3, -0.25) is 19.2 Å². The molecule has 8 heteroatoms. The number of nitrogens with one attached hydrogen (secondary N) is 2. The number of amides is 2. The first-order valence-corrected chi connectivity index (χ1v) is 9.34. The third kappa shape index (κ3) is 7.75. The van der Waals surface area contributed by atoms with E-state index in [0.717, 1.165) is 0 Å². The number of benzene rings is 2. The van der Waals surface area contributed by atoms with Gasteiger partial charge in [0.2, 0.25) is 5.91 Å². The maximum Gasteiger partial charge on any atom is 0.306 e. The predicted molar refractivity (Wildman–Crippen MR) is 110 cm³/mol. The third-order valence-electron chi connectivity index (χ3n) is 3.85. The van der Waals surface area contributed by atoms with Crippen molar-refractivity contribution in [1.29, 1.82) is 0 Å². The van der Waals surface area contributed by atoms with Crippen molar-refractivity contribution < 1.29 is 23.9 Å². The van der Waals surface area contributed by atoms with Crippen LogP contribution in [0.3, 0.4) is 0 Å². The summed E-state index contributed by atoms with van der Waals surface area (Å²) >= 11 is 5.93. The molecule has 2 rings (SSSR count). The van der Waals surface area contributed by atoms with E-state index in [1.54, 1.807) is 48.5 Å². The molecule has 0 spiro atoms. The van der Waals surface area contributed by atoms with E-state index >= 15 is 0 Å². The Morgan fingerprint density at radius 2 is 1.69 bits per heavy atom. The highest BCUT2D eigenvalue weighted by atomic mass is 35.5. The maximum atomic E-state index is 12.0. The second-order valence-electron chi connectivity index (χ2n) is 6.23. The number of esters is 1. The van der Waals surface area contributed by atoms with E-state index in [1.807, 2.05) is 0 Å². The fourth-order valence-corrected chi connectivity index (χ4v) is 2.58. The smallest absolute Gasteiger partial charge is 0.306 e. The van der Waals surface area contributed by atoms with Crippen LogP contribution in [0.15, 0.2) is 48.5 Å². The van der Waals surface area contributed by atoms with Crippen molar-refractivity contribution in [2.45, 2.75) is 26.2 Å². The van der Waals surface area contributed by atoms with Gasteiger partial charge in [0.25, 0.3) is 5.91 Å². The molecule has 0 atom stereocenters. The summed E-state index contributed by atoms with van der Waals surface area (Å²) in [7, 11) is 0. The summed E-state index contributed by atoms with van der Waals surface area (Å²) in [6.45, 7) is 1.01. The van der Waals surface area contributed by atoms with Crippen molar-refractivity contribution in [2.24, 2.45) is 0 Å². The monoisotopic (exact) mass is 416 g/mol. The predicted octanol–water partition coefficient (Wildman–Crippen LogP) is 3.83. The Morgan fingerprint density at radius 3 is 2.41 bits per heavy atom. The molecular formula is C21H21ClN2O5. The molecular weight excluding hydrogens is 396 g/mol. The van der Waals surface area contributed by atoms with Crippen LogP contribution in [0.1, 0.15) is 36.5 Å². The van der Waals surface area contributed by atoms with E-state index in [0.29, 0.717) is 22.0 Å². The van der Waals surface area contributed by atoms with Crippen LogP contribution < -0.4 is 10.6 Å². The van der Waals surface area contributed by atoms with Gasteiger partial charge in [-0.05, 0) is 37.6 Å². The zero-order valence-electron chi connectivity index (χ0n) is 15.9. The van der Waals surface area contributed by atoms with E-state index in [4.69, 9.17) is 16.3 Å². The Morgan fingerprint density at radius 1 is 0.931 bits per heavy atom. The zero-order chi connectivity index (χ0) is 21.2. The second kappa shape index (κ2) is 11.0. The molecule has 7 nitrogen and oxygen atoms in total. The van der Waals surface area contributed by atoms with Gasteiger partial charge in [0.1, 0.15) is 0 Å². The lowest BCUT2D eigenvalue weighted by molar-refractivity contribution is -0.147. The van der Waals surface area contributed by atoms with Crippen LogP contribution in [0, 0.1) is 0 Å². The Labute approximate surface area is 173 Å². The van der Waals surface area contributed by atoms with Gasteiger partial charge >= 0.3 is 5.97 Å². The zero-order valence-corrected chi connectivity index (χ0v) is 16.6. The maximum absolute atomic E-state index is 12.0. The van der Waals surface area contributed by atoms with Crippen LogP contribution in [0.2, 0.25) is 5.02 Å². The molecule has 0 aliphatic rings. The fourth-order valence-electron chi connectivity index (χ4n) is 2.40. The van der Waals surface area contributed by atoms with E-state index in [1.165, 1.54) is 6.92 Å². The van der Waals surface area contributed by atoms with E-state index in [2.05, 4.69) is 10.6 Å². The summed E-state index contributed by atoms with van der Waals surface area (Å²) < 4.78 is 4.89. The molecule has 0 unspecified atom stereocenters. The average molecular weight is 417 g/mol. The highest BCUT2D eigenvalue weighted by Gasteiger charge is 2.11. The average Bonchev–Trinajstić information content (AvgIpc) is 2.68. The van der Waals surface area contributed by atoms with Gasteiger partial charge in [0.05, 0.1) is 10.7 Å². The molecule has 2 amide bonds. The summed E-state index contributed by atoms with van der Waals surface area (Å²) in [5.41, 5.74) is 1.45. The molecule has 0 heterocycles. The Balaban J connectivity index is 1.67. The lowest BCUT2D eigenvalue weighted by Crippen LogP contribution is -2.21. The Bertz CT molecular complexity index is 913. The number of para-hydroxylation sites is 1. The minimum Gasteiger partial charge on any atom is -0.456 e. The fraction of sp³-hybridized carbons (Fsp3) is 0.238. The first-order valence-electron chi connectivity index (χ1n) is 8.96. The number of ether oxygens (including phenoxy) is 1. The number of hydrogen-bond donors (Lipinski definition) is 2. The van der Waals surface area contributed by atoms with Crippen molar-refractivity contribution in [3.05, 3.63) is 59.1 Å². The van der Waals surface area contributed by atoms with Gasteiger partial charge in [0, 0.05) is 24.1 Å². The lowest BCUT2D eigenvalue weighted by Gasteiger charge is -2.08. The summed E-state index contributed by atoms with van der Waals surface area (Å²) in [5, 5.41) is 5.60. The number of Topliss-reactive ketones (excluding diaryl/α,β-unsaturated/α-hetero) is 1. The number of halogens is 1. The topological polar surface area (TPSA) is 102 Å². The third-order valence-corrected chi connectivity index (χ3v) is 4.18. The standard InChI is InChI=1S/C21H21ClN2O5/c1-14(25)15-6-4-7-16(12-15)23-19(26)10-5-11-21(28)29-13-20(27)24-18-9-3-2-8-17(18)22/h2-4,6-9,12H,5,10-11,13H2,1H3,(H,23,26)(H,24,27). The van der Waals surface area contributed by atoms with Crippen molar-refractivity contribution in [2.75, 3.05) is 17.2 Å². The van der Waals surface area contributed by atoms with Gasteiger partial charge in [0.15, 0.2) is 12.4 Å². The van der Waals surface area contributed by atoms with Gasteiger partial charge in [-0.2, -0.15) is 0 Å². The second-order valence-corrected chi connectivity index (χ2v) is 6.63. The molecule has 29 heavy (non-hydrogen) atoms. The molecule has 0 saturated heterocycles. The molecule has 2 N–H and O–H groups in total. The van der Waals surface area contributed by atoms with Gasteiger partial charge in [-0.15, -0.1) is 0 Å². The van der Waals surface area contributed by atoms with Crippen LogP contribution in [0.4, 0.5) is 11.4 Å². The normalized spacial score (nSPS) is 10.1. The summed E-state index contributed by atoms with van der Waals surface area (Å²) in [5.74, 6) is -1.46. The van der Waals surface area contributed by atoms with Crippen LogP contribution in [0.25, 0.3) is 0 Å². The number of ketones is 1. The molecule has 0 aliphatic heterocycles. The minimum atomic E-state index is -0.578. The molecule has 0 radical (unpaired) electrons. The van der Waals surface area contributed by atoms with Gasteiger partial charge in [-0.1, -0.05) is 35.9 Å². The van der Waals surface area contributed by atoms with Crippen molar-refractivity contribution in [1.82, 2.24) is 0 Å². The Hall–Kier alpha value is -3.19. The molecule has 0 fully saturated rings. The number of rotatable bonds is 9. The molecule has 0 aliphatic carbocycles. The quantitative estimate of drug-likeness (QED) is 0.477. The SMILES string of the molecule is CC(=O)c1cccc(NC(=O)CCCC(=O)OCC(=O)Nc2ccccc2Cl)c1. The van der Waals surface area contributed by atoms with E-state index < -0.39 is 18.5 Å². The minimum absolute atomic E-state index is 0.000277. The summed E-state index contributed by atoms with van der Waals surface area (Å²) in [6, 6.07) is 13.3. The summed E-state index contributed by atoms with van der Waals surface area (Å²) in [4.78, 5) is 46.8. The van der Waals surface area contributed by atoms with Crippen molar-refractivity contribution in [3.8, 4) is 0 Å². The molecule has 2 aromatic rings. The largest absolute Gasteiger partial charge is 0.456 e. The number of hydrogen-bond acceptors (Lipinski definition) is 5. The first kappa shape index (κ1) is 22.1. The number of carbonyl (C=O) groups excluding carboxylic acids is 4. The molecule has 2 aromatic carbocycles. The lowest BCUT2D eigenvalue weighted by atomic mass is 10.1. The van der Waals surface area contributed by atoms with E-state index in [-0.39, 0.29) is 31.0 Å². The summed E-state index contributed by atoms with van der Waals surface area (Å²) in [6.07, 6.45) is 0.370. The van der Waals surface area contributed by atoms with Crippen LogP contribution in [-0.2, 0) is 19.1 Å². The highest BCUT2D eigenvalue weighted by molar-refractivity contribution is 6.33. The van der Waals surface area contributed by atoms with Crippen LogP contribution >= 0.6 is 11.6 Å². The van der Waals surface area contributed by atoms with Crippen molar-refractivity contribution in [3.63, 3.8) is 0 Å². The first-order chi connectivity index (χ1) is 13.8. The Kier molecular flexibility index (Phi) is 8.36. The van der Waals surface area contributed by atoms with Gasteiger partial charge < -0.3 is 15.4 Å². The number of anilines is 2. The number of carbonyl (C=O) groups is 4. The molecule has 0 aromatic heterocycles. The van der Waals surface area contributed by atoms with Crippen LogP contribution in [0.5, 0.6) is 0 Å². The van der Waals surface area contributed by atoms with Gasteiger partial charge in [-0.25, -0.2) is 0 Å². The van der Waals surface area contributed by atoms with E-state index in [9.17, 15) is 19.2 Å². The van der Waals surface area contributed by atoms with Crippen molar-refractivity contribution >= 4 is 46.5 Å². The highest BCUT2D eigenvalue weighted by Crippen LogP contribution is 2.20. The van der Waals surface area contributed by atoms with Crippen LogP contribution in [-0.4, -0.2) is 30.2 Å². The molecule has 152 valence electrons.